The first-order valence-corrected chi connectivity index (χ1v) is 9.45. The van der Waals surface area contributed by atoms with Gasteiger partial charge in [-0.1, -0.05) is 42.5 Å². The topological polar surface area (TPSA) is 70.9 Å². The van der Waals surface area contributed by atoms with Gasteiger partial charge in [-0.25, -0.2) is 0 Å². The van der Waals surface area contributed by atoms with Crippen molar-refractivity contribution in [3.05, 3.63) is 96.1 Å². The van der Waals surface area contributed by atoms with Crippen molar-refractivity contribution in [3.63, 3.8) is 0 Å². The average molecular weight is 396 g/mol. The van der Waals surface area contributed by atoms with Gasteiger partial charge in [-0.3, -0.25) is 9.79 Å². The fraction of sp³-hybridized carbons (Fsp3) is 0.0400. The summed E-state index contributed by atoms with van der Waals surface area (Å²) >= 11 is 0. The van der Waals surface area contributed by atoms with E-state index in [1.165, 1.54) is 0 Å². The van der Waals surface area contributed by atoms with Gasteiger partial charge in [-0.2, -0.15) is 0 Å². The number of anilines is 1. The minimum absolute atomic E-state index is 0.112. The molecule has 0 atom stereocenters. The van der Waals surface area contributed by atoms with Gasteiger partial charge in [-0.05, 0) is 53.2 Å². The van der Waals surface area contributed by atoms with E-state index in [2.05, 4.69) is 10.3 Å². The van der Waals surface area contributed by atoms with Crippen LogP contribution in [0.5, 0.6) is 11.5 Å². The molecule has 2 N–H and O–H groups in total. The molecule has 4 rings (SSSR count). The maximum absolute atomic E-state index is 12.8. The van der Waals surface area contributed by atoms with Crippen LogP contribution in [0.25, 0.3) is 10.8 Å². The van der Waals surface area contributed by atoms with Crippen LogP contribution in [0.3, 0.4) is 0 Å². The van der Waals surface area contributed by atoms with Gasteiger partial charge < -0.3 is 15.2 Å². The number of nitrogens with one attached hydrogen (secondary N) is 1. The van der Waals surface area contributed by atoms with Crippen LogP contribution in [0, 0.1) is 0 Å². The Morgan fingerprint density at radius 1 is 0.967 bits per heavy atom. The molecule has 0 heterocycles. The largest absolute Gasteiger partial charge is 0.506 e. The smallest absolute Gasteiger partial charge is 0.259 e. The van der Waals surface area contributed by atoms with Crippen molar-refractivity contribution < 1.29 is 14.6 Å². The van der Waals surface area contributed by atoms with Crippen molar-refractivity contribution in [2.75, 3.05) is 12.4 Å². The first kappa shape index (κ1) is 19.2. The Kier molecular flexibility index (Phi) is 5.44. The van der Waals surface area contributed by atoms with Crippen LogP contribution in [0.15, 0.2) is 89.9 Å². The van der Waals surface area contributed by atoms with Crippen LogP contribution < -0.4 is 10.1 Å². The fourth-order valence-electron chi connectivity index (χ4n) is 3.20. The molecule has 30 heavy (non-hydrogen) atoms. The van der Waals surface area contributed by atoms with E-state index in [1.807, 2.05) is 66.7 Å². The zero-order chi connectivity index (χ0) is 20.9. The molecule has 148 valence electrons. The summed E-state index contributed by atoms with van der Waals surface area (Å²) in [4.78, 5) is 17.3. The predicted octanol–water partition coefficient (Wildman–Crippen LogP) is 5.56. The number of hydrogen-bond acceptors (Lipinski definition) is 4. The number of ether oxygens (including phenoxy) is 1. The van der Waals surface area contributed by atoms with E-state index in [0.29, 0.717) is 16.9 Å². The zero-order valence-corrected chi connectivity index (χ0v) is 16.4. The van der Waals surface area contributed by atoms with Crippen molar-refractivity contribution >= 4 is 34.3 Å². The molecule has 0 bridgehead atoms. The van der Waals surface area contributed by atoms with Gasteiger partial charge in [0.05, 0.1) is 18.4 Å². The molecule has 0 saturated heterocycles. The van der Waals surface area contributed by atoms with E-state index in [-0.39, 0.29) is 17.2 Å². The number of nitrogens with zero attached hydrogens (tertiary/aromatic N) is 1. The highest BCUT2D eigenvalue weighted by molar-refractivity contribution is 6.13. The molecular weight excluding hydrogens is 376 g/mol. The molecule has 0 fully saturated rings. The Labute approximate surface area is 174 Å². The zero-order valence-electron chi connectivity index (χ0n) is 16.4. The Balaban J connectivity index is 1.75. The van der Waals surface area contributed by atoms with Gasteiger partial charge in [0.15, 0.2) is 0 Å². The Hall–Kier alpha value is -4.12. The number of carbonyl (C=O) groups excluding carboxylic acids is 1. The lowest BCUT2D eigenvalue weighted by Gasteiger charge is -2.12. The maximum atomic E-state index is 12.8. The number of fused-ring (bicyclic) bond motifs is 1. The minimum atomic E-state index is -0.386. The van der Waals surface area contributed by atoms with E-state index >= 15 is 0 Å². The number of benzene rings is 4. The Bertz CT molecular complexity index is 1220. The van der Waals surface area contributed by atoms with Gasteiger partial charge in [0.2, 0.25) is 0 Å². The third kappa shape index (κ3) is 4.00. The Morgan fingerprint density at radius 2 is 1.67 bits per heavy atom. The molecule has 0 saturated carbocycles. The van der Waals surface area contributed by atoms with Gasteiger partial charge >= 0.3 is 0 Å². The summed E-state index contributed by atoms with van der Waals surface area (Å²) in [6.07, 6.45) is 1.58. The second-order valence-electron chi connectivity index (χ2n) is 6.68. The van der Waals surface area contributed by atoms with Crippen LogP contribution in [0.1, 0.15) is 15.9 Å². The third-order valence-electron chi connectivity index (χ3n) is 4.75. The molecule has 0 aliphatic carbocycles. The average Bonchev–Trinajstić information content (AvgIpc) is 2.79. The SMILES string of the molecule is COc1ccc(N=Cc2c(O)c(C(=O)Nc3ccccc3)cc3ccccc23)cc1. The number of rotatable bonds is 5. The molecule has 0 aliphatic heterocycles. The minimum Gasteiger partial charge on any atom is -0.506 e. The maximum Gasteiger partial charge on any atom is 0.259 e. The number of para-hydroxylation sites is 1. The lowest BCUT2D eigenvalue weighted by atomic mass is 9.99. The fourth-order valence-corrected chi connectivity index (χ4v) is 3.20. The summed E-state index contributed by atoms with van der Waals surface area (Å²) in [7, 11) is 1.61. The van der Waals surface area contributed by atoms with Crippen LogP contribution in [-0.4, -0.2) is 24.3 Å². The first-order valence-electron chi connectivity index (χ1n) is 9.45. The number of aromatic hydroxyl groups is 1. The predicted molar refractivity (Wildman–Crippen MR) is 120 cm³/mol. The second kappa shape index (κ2) is 8.49. The van der Waals surface area contributed by atoms with Crippen LogP contribution in [-0.2, 0) is 0 Å². The molecule has 5 nitrogen and oxygen atoms in total. The molecule has 0 spiro atoms. The van der Waals surface area contributed by atoms with E-state index < -0.39 is 0 Å². The van der Waals surface area contributed by atoms with Crippen molar-refractivity contribution in [1.29, 1.82) is 0 Å². The number of carbonyl (C=O) groups is 1. The van der Waals surface area contributed by atoms with Gasteiger partial charge in [0.25, 0.3) is 5.91 Å². The van der Waals surface area contributed by atoms with Crippen LogP contribution in [0.4, 0.5) is 11.4 Å². The summed E-state index contributed by atoms with van der Waals surface area (Å²) in [5.41, 5.74) is 2.04. The van der Waals surface area contributed by atoms with Gasteiger partial charge in [0, 0.05) is 17.5 Å². The van der Waals surface area contributed by atoms with Crippen molar-refractivity contribution in [2.24, 2.45) is 4.99 Å². The standard InChI is InChI=1S/C25H20N2O3/c1-30-20-13-11-18(12-14-20)26-16-23-21-10-6-5-7-17(21)15-22(24(23)28)25(29)27-19-8-3-2-4-9-19/h2-16,28H,1H3,(H,27,29). The monoisotopic (exact) mass is 396 g/mol. The molecule has 4 aromatic rings. The highest BCUT2D eigenvalue weighted by Gasteiger charge is 2.17. The highest BCUT2D eigenvalue weighted by atomic mass is 16.5. The van der Waals surface area contributed by atoms with E-state index in [0.717, 1.165) is 16.5 Å². The lowest BCUT2D eigenvalue weighted by Crippen LogP contribution is -2.12. The van der Waals surface area contributed by atoms with Gasteiger partial charge in [0.1, 0.15) is 11.5 Å². The highest BCUT2D eigenvalue weighted by Crippen LogP contribution is 2.31. The number of amides is 1. The summed E-state index contributed by atoms with van der Waals surface area (Å²) in [5.74, 6) is 0.241. The summed E-state index contributed by atoms with van der Waals surface area (Å²) in [6.45, 7) is 0. The number of phenols is 1. The van der Waals surface area contributed by atoms with Crippen molar-refractivity contribution in [3.8, 4) is 11.5 Å². The van der Waals surface area contributed by atoms with Crippen molar-refractivity contribution in [2.45, 2.75) is 0 Å². The molecule has 0 aliphatic rings. The number of methoxy groups -OCH3 is 1. The van der Waals surface area contributed by atoms with E-state index in [4.69, 9.17) is 4.74 Å². The normalized spacial score (nSPS) is 11.0. The van der Waals surface area contributed by atoms with Crippen LogP contribution >= 0.6 is 0 Å². The first-order chi connectivity index (χ1) is 14.7. The van der Waals surface area contributed by atoms with Gasteiger partial charge in [-0.15, -0.1) is 0 Å². The Morgan fingerprint density at radius 3 is 2.40 bits per heavy atom. The lowest BCUT2D eigenvalue weighted by molar-refractivity contribution is 0.102. The molecule has 1 amide bonds. The molecule has 0 unspecified atom stereocenters. The molecule has 4 aromatic carbocycles. The van der Waals surface area contributed by atoms with E-state index in [1.54, 1.807) is 31.5 Å². The summed E-state index contributed by atoms with van der Waals surface area (Å²) in [6, 6.07) is 25.7. The number of phenolic OH excluding ortho intramolecular Hbond substituents is 1. The van der Waals surface area contributed by atoms with E-state index in [9.17, 15) is 9.90 Å². The van der Waals surface area contributed by atoms with Crippen LogP contribution in [0.2, 0.25) is 0 Å². The quantitative estimate of drug-likeness (QED) is 0.434. The molecule has 0 aromatic heterocycles. The molecule has 0 radical (unpaired) electrons. The molecular formula is C25H20N2O3. The number of aliphatic imine (C=N–C) groups is 1. The second-order valence-corrected chi connectivity index (χ2v) is 6.68. The van der Waals surface area contributed by atoms with Crippen molar-refractivity contribution in [1.82, 2.24) is 0 Å². The summed E-state index contributed by atoms with van der Waals surface area (Å²) in [5, 5.41) is 15.4. The third-order valence-corrected chi connectivity index (χ3v) is 4.75. The number of hydrogen-bond donors (Lipinski definition) is 2. The molecule has 5 heteroatoms. The summed E-state index contributed by atoms with van der Waals surface area (Å²) < 4.78 is 5.16.